The Morgan fingerprint density at radius 3 is 2.57 bits per heavy atom. The fourth-order valence-corrected chi connectivity index (χ4v) is 3.85. The molecule has 4 rings (SSSR count). The van der Waals surface area contributed by atoms with Gasteiger partial charge in [-0.2, -0.15) is 0 Å². The number of hydrogen-bond acceptors (Lipinski definition) is 3. The van der Waals surface area contributed by atoms with Crippen LogP contribution in [0.15, 0.2) is 54.2 Å². The molecule has 1 aliphatic heterocycles. The molecule has 2 amide bonds. The minimum absolute atomic E-state index is 0.0601. The van der Waals surface area contributed by atoms with Gasteiger partial charge in [0.25, 0.3) is 11.8 Å². The van der Waals surface area contributed by atoms with E-state index < -0.39 is 11.8 Å². The van der Waals surface area contributed by atoms with Crippen LogP contribution >= 0.6 is 12.2 Å². The molecule has 1 aliphatic rings. The van der Waals surface area contributed by atoms with E-state index in [-0.39, 0.29) is 10.7 Å². The summed E-state index contributed by atoms with van der Waals surface area (Å²) >= 11 is 5.30. The molecule has 3 aromatic rings. The van der Waals surface area contributed by atoms with E-state index in [1.165, 1.54) is 4.90 Å². The number of aryl methyl sites for hydroxylation is 3. The molecule has 0 bridgehead atoms. The molecule has 0 saturated carbocycles. The second-order valence-corrected chi connectivity index (χ2v) is 7.35. The summed E-state index contributed by atoms with van der Waals surface area (Å²) in [5.74, 6) is -0.905. The van der Waals surface area contributed by atoms with Crippen LogP contribution in [0.25, 0.3) is 17.0 Å². The number of nitrogens with zero attached hydrogens (tertiary/aromatic N) is 2. The van der Waals surface area contributed by atoms with E-state index >= 15 is 0 Å². The lowest BCUT2D eigenvalue weighted by Crippen LogP contribution is -2.54. The molecular formula is C22H19N3O2S. The standard InChI is InChI=1S/C22H19N3O2S/c1-13-8-9-18(14(2)10-13)25-21(27)17(20(26)23-22(25)28)11-15-12-24(3)19-7-5-4-6-16(15)19/h4-12H,1-3H3,(H,23,26,28)/b17-11+. The minimum Gasteiger partial charge on any atom is -0.350 e. The number of fused-ring (bicyclic) bond motifs is 1. The van der Waals surface area contributed by atoms with Gasteiger partial charge in [0.1, 0.15) is 5.57 Å². The lowest BCUT2D eigenvalue weighted by atomic mass is 10.0. The van der Waals surface area contributed by atoms with Crippen LogP contribution < -0.4 is 10.2 Å². The summed E-state index contributed by atoms with van der Waals surface area (Å²) in [4.78, 5) is 27.2. The first-order valence-corrected chi connectivity index (χ1v) is 9.30. The summed E-state index contributed by atoms with van der Waals surface area (Å²) in [6.07, 6.45) is 3.55. The van der Waals surface area contributed by atoms with Gasteiger partial charge in [0, 0.05) is 29.7 Å². The first kappa shape index (κ1) is 18.1. The van der Waals surface area contributed by atoms with Crippen molar-refractivity contribution in [3.8, 4) is 0 Å². The molecule has 0 spiro atoms. The zero-order valence-corrected chi connectivity index (χ0v) is 16.6. The van der Waals surface area contributed by atoms with Crippen molar-refractivity contribution in [2.75, 3.05) is 4.90 Å². The van der Waals surface area contributed by atoms with Crippen LogP contribution in [0.3, 0.4) is 0 Å². The monoisotopic (exact) mass is 389 g/mol. The molecule has 0 radical (unpaired) electrons. The number of amides is 2. The molecule has 2 heterocycles. The Morgan fingerprint density at radius 2 is 1.82 bits per heavy atom. The van der Waals surface area contributed by atoms with E-state index in [2.05, 4.69) is 5.32 Å². The Morgan fingerprint density at radius 1 is 1.07 bits per heavy atom. The van der Waals surface area contributed by atoms with Gasteiger partial charge in [-0.3, -0.25) is 19.8 Å². The van der Waals surface area contributed by atoms with Crippen LogP contribution in [0, 0.1) is 13.8 Å². The van der Waals surface area contributed by atoms with Crippen LogP contribution in [0.4, 0.5) is 5.69 Å². The minimum atomic E-state index is -0.482. The molecule has 5 nitrogen and oxygen atoms in total. The summed E-state index contributed by atoms with van der Waals surface area (Å²) in [6.45, 7) is 3.91. The van der Waals surface area contributed by atoms with Gasteiger partial charge in [0.05, 0.1) is 5.69 Å². The summed E-state index contributed by atoms with van der Waals surface area (Å²) < 4.78 is 1.97. The fraction of sp³-hybridized carbons (Fsp3) is 0.136. The number of anilines is 1. The maximum atomic E-state index is 13.2. The Kier molecular flexibility index (Phi) is 4.35. The molecule has 6 heteroatoms. The van der Waals surface area contributed by atoms with Crippen molar-refractivity contribution in [3.05, 3.63) is 70.9 Å². The normalized spacial score (nSPS) is 16.2. The number of aromatic nitrogens is 1. The Hall–Kier alpha value is -3.25. The molecule has 1 N–H and O–H groups in total. The molecule has 28 heavy (non-hydrogen) atoms. The van der Waals surface area contributed by atoms with E-state index in [0.29, 0.717) is 5.69 Å². The van der Waals surface area contributed by atoms with E-state index in [9.17, 15) is 9.59 Å². The predicted octanol–water partition coefficient (Wildman–Crippen LogP) is 3.63. The highest BCUT2D eigenvalue weighted by Crippen LogP contribution is 2.28. The summed E-state index contributed by atoms with van der Waals surface area (Å²) in [6, 6.07) is 13.6. The van der Waals surface area contributed by atoms with Crippen LogP contribution in [0.5, 0.6) is 0 Å². The maximum Gasteiger partial charge on any atom is 0.270 e. The summed E-state index contributed by atoms with van der Waals surface area (Å²) in [5.41, 5.74) is 4.57. The van der Waals surface area contributed by atoms with Crippen LogP contribution in [-0.2, 0) is 16.6 Å². The number of thiocarbonyl (C=S) groups is 1. The molecule has 140 valence electrons. The highest BCUT2D eigenvalue weighted by Gasteiger charge is 2.35. The van der Waals surface area contributed by atoms with Crippen molar-refractivity contribution in [3.63, 3.8) is 0 Å². The van der Waals surface area contributed by atoms with E-state index in [4.69, 9.17) is 12.2 Å². The Balaban J connectivity index is 1.82. The second kappa shape index (κ2) is 6.73. The van der Waals surface area contributed by atoms with Crippen molar-refractivity contribution in [1.29, 1.82) is 0 Å². The number of hydrogen-bond donors (Lipinski definition) is 1. The van der Waals surface area contributed by atoms with Crippen molar-refractivity contribution >= 4 is 51.8 Å². The van der Waals surface area contributed by atoms with Gasteiger partial charge in [-0.15, -0.1) is 0 Å². The van der Waals surface area contributed by atoms with Crippen molar-refractivity contribution < 1.29 is 9.59 Å². The van der Waals surface area contributed by atoms with Gasteiger partial charge in [-0.25, -0.2) is 0 Å². The molecule has 1 fully saturated rings. The van der Waals surface area contributed by atoms with Gasteiger partial charge in [-0.05, 0) is 49.8 Å². The average molecular weight is 389 g/mol. The topological polar surface area (TPSA) is 54.3 Å². The van der Waals surface area contributed by atoms with Crippen molar-refractivity contribution in [2.24, 2.45) is 7.05 Å². The zero-order chi connectivity index (χ0) is 20.0. The van der Waals surface area contributed by atoms with Gasteiger partial charge in [0.2, 0.25) is 0 Å². The van der Waals surface area contributed by atoms with E-state index in [0.717, 1.165) is 27.6 Å². The molecule has 1 saturated heterocycles. The summed E-state index contributed by atoms with van der Waals surface area (Å²) in [7, 11) is 1.93. The Labute approximate surface area is 168 Å². The molecule has 1 aromatic heterocycles. The quantitative estimate of drug-likeness (QED) is 0.414. The number of para-hydroxylation sites is 1. The van der Waals surface area contributed by atoms with Crippen LogP contribution in [0.1, 0.15) is 16.7 Å². The third-order valence-corrected chi connectivity index (χ3v) is 5.21. The first-order chi connectivity index (χ1) is 13.4. The fourth-order valence-electron chi connectivity index (χ4n) is 3.58. The third-order valence-electron chi connectivity index (χ3n) is 4.92. The predicted molar refractivity (Wildman–Crippen MR) is 115 cm³/mol. The number of carbonyl (C=O) groups is 2. The number of rotatable bonds is 2. The lowest BCUT2D eigenvalue weighted by Gasteiger charge is -2.30. The first-order valence-electron chi connectivity index (χ1n) is 8.89. The number of benzene rings is 2. The van der Waals surface area contributed by atoms with E-state index in [1.54, 1.807) is 6.08 Å². The van der Waals surface area contributed by atoms with Crippen molar-refractivity contribution in [1.82, 2.24) is 9.88 Å². The van der Waals surface area contributed by atoms with E-state index in [1.807, 2.05) is 74.1 Å². The zero-order valence-electron chi connectivity index (χ0n) is 15.8. The molecule has 2 aromatic carbocycles. The second-order valence-electron chi connectivity index (χ2n) is 6.96. The number of carbonyl (C=O) groups excluding carboxylic acids is 2. The van der Waals surface area contributed by atoms with Crippen LogP contribution in [0.2, 0.25) is 0 Å². The number of nitrogens with one attached hydrogen (secondary N) is 1. The van der Waals surface area contributed by atoms with Gasteiger partial charge >= 0.3 is 0 Å². The average Bonchev–Trinajstić information content (AvgIpc) is 2.96. The molecular weight excluding hydrogens is 370 g/mol. The van der Waals surface area contributed by atoms with Gasteiger partial charge < -0.3 is 4.57 Å². The highest BCUT2D eigenvalue weighted by molar-refractivity contribution is 7.80. The van der Waals surface area contributed by atoms with Crippen molar-refractivity contribution in [2.45, 2.75) is 13.8 Å². The largest absolute Gasteiger partial charge is 0.350 e. The Bertz CT molecular complexity index is 1190. The van der Waals surface area contributed by atoms with Gasteiger partial charge in [0.15, 0.2) is 5.11 Å². The lowest BCUT2D eigenvalue weighted by molar-refractivity contribution is -0.122. The molecule has 0 aliphatic carbocycles. The summed E-state index contributed by atoms with van der Waals surface area (Å²) in [5, 5.41) is 3.72. The molecule has 0 unspecified atom stereocenters. The highest BCUT2D eigenvalue weighted by atomic mass is 32.1. The van der Waals surface area contributed by atoms with Crippen LogP contribution in [-0.4, -0.2) is 21.5 Å². The third kappa shape index (κ3) is 2.92. The van der Waals surface area contributed by atoms with Gasteiger partial charge in [-0.1, -0.05) is 35.9 Å². The smallest absolute Gasteiger partial charge is 0.270 e. The SMILES string of the molecule is Cc1ccc(N2C(=O)/C(=C/c3cn(C)c4ccccc34)C(=O)NC2=S)c(C)c1. The molecule has 0 atom stereocenters. The maximum absolute atomic E-state index is 13.2.